The molecule has 0 amide bonds. The van der Waals surface area contributed by atoms with Crippen LogP contribution in [0, 0.1) is 12.8 Å². The lowest BCUT2D eigenvalue weighted by Crippen LogP contribution is -2.47. The Morgan fingerprint density at radius 2 is 2.21 bits per heavy atom. The van der Waals surface area contributed by atoms with E-state index in [4.69, 9.17) is 5.11 Å². The molecule has 3 heterocycles. The molecule has 0 atom stereocenters. The average molecular weight is 259 g/mol. The van der Waals surface area contributed by atoms with Gasteiger partial charge in [-0.25, -0.2) is 4.98 Å². The van der Waals surface area contributed by atoms with Gasteiger partial charge in [-0.3, -0.25) is 14.1 Å². The first-order valence-electron chi connectivity index (χ1n) is 6.48. The van der Waals surface area contributed by atoms with Crippen molar-refractivity contribution in [1.29, 1.82) is 0 Å². The summed E-state index contributed by atoms with van der Waals surface area (Å²) < 4.78 is 1.56. The topological polar surface area (TPSA) is 57.8 Å². The summed E-state index contributed by atoms with van der Waals surface area (Å²) in [6, 6.07) is 5.41. The van der Waals surface area contributed by atoms with Crippen molar-refractivity contribution in [1.82, 2.24) is 14.3 Å². The smallest absolute Gasteiger partial charge is 0.258 e. The summed E-state index contributed by atoms with van der Waals surface area (Å²) in [6.07, 6.45) is 1.76. The van der Waals surface area contributed by atoms with E-state index in [2.05, 4.69) is 9.88 Å². The first-order chi connectivity index (χ1) is 9.15. The van der Waals surface area contributed by atoms with Crippen LogP contribution in [0.1, 0.15) is 11.3 Å². The summed E-state index contributed by atoms with van der Waals surface area (Å²) in [7, 11) is 0. The number of rotatable bonds is 3. The van der Waals surface area contributed by atoms with Crippen LogP contribution in [0.15, 0.2) is 29.2 Å². The third kappa shape index (κ3) is 2.39. The minimum atomic E-state index is -0.0424. The van der Waals surface area contributed by atoms with Crippen LogP contribution >= 0.6 is 0 Å². The summed E-state index contributed by atoms with van der Waals surface area (Å²) >= 11 is 0. The third-order valence-electron chi connectivity index (χ3n) is 3.55. The molecule has 0 radical (unpaired) electrons. The van der Waals surface area contributed by atoms with Gasteiger partial charge in [-0.15, -0.1) is 0 Å². The van der Waals surface area contributed by atoms with Crippen LogP contribution in [0.5, 0.6) is 0 Å². The Hall–Kier alpha value is -1.72. The Labute approximate surface area is 111 Å². The number of hydrogen-bond donors (Lipinski definition) is 1. The lowest BCUT2D eigenvalue weighted by molar-refractivity contribution is 0.0470. The van der Waals surface area contributed by atoms with Gasteiger partial charge < -0.3 is 5.11 Å². The molecule has 0 bridgehead atoms. The van der Waals surface area contributed by atoms with Crippen LogP contribution < -0.4 is 5.56 Å². The molecular weight excluding hydrogens is 242 g/mol. The largest absolute Gasteiger partial charge is 0.396 e. The predicted octanol–water partition coefficient (Wildman–Crippen LogP) is 0.427. The Kier molecular flexibility index (Phi) is 3.08. The molecule has 1 aliphatic rings. The van der Waals surface area contributed by atoms with Crippen LogP contribution in [-0.2, 0) is 6.54 Å². The van der Waals surface area contributed by atoms with Gasteiger partial charge in [-0.1, -0.05) is 0 Å². The van der Waals surface area contributed by atoms with Gasteiger partial charge in [0.05, 0.1) is 5.69 Å². The van der Waals surface area contributed by atoms with Gasteiger partial charge in [0.1, 0.15) is 5.65 Å². The summed E-state index contributed by atoms with van der Waals surface area (Å²) in [5.74, 6) is 0.379. The second-order valence-electron chi connectivity index (χ2n) is 5.26. The molecular formula is C14H17N3O2. The Morgan fingerprint density at radius 1 is 1.42 bits per heavy atom. The lowest BCUT2D eigenvalue weighted by Gasteiger charge is -2.37. The van der Waals surface area contributed by atoms with E-state index in [1.807, 2.05) is 19.1 Å². The molecule has 1 saturated heterocycles. The fourth-order valence-corrected chi connectivity index (χ4v) is 2.49. The van der Waals surface area contributed by atoms with Gasteiger partial charge in [0.2, 0.25) is 0 Å². The first kappa shape index (κ1) is 12.3. The molecule has 1 fully saturated rings. The molecule has 3 rings (SSSR count). The van der Waals surface area contributed by atoms with E-state index >= 15 is 0 Å². The maximum atomic E-state index is 12.0. The Balaban J connectivity index is 1.86. The molecule has 19 heavy (non-hydrogen) atoms. The van der Waals surface area contributed by atoms with Crippen LogP contribution in [-0.4, -0.2) is 39.1 Å². The Morgan fingerprint density at radius 3 is 2.95 bits per heavy atom. The van der Waals surface area contributed by atoms with Crippen LogP contribution in [0.25, 0.3) is 5.65 Å². The highest BCUT2D eigenvalue weighted by molar-refractivity contribution is 5.41. The van der Waals surface area contributed by atoms with E-state index in [0.29, 0.717) is 18.1 Å². The van der Waals surface area contributed by atoms with Crippen molar-refractivity contribution in [2.45, 2.75) is 13.5 Å². The molecule has 0 unspecified atom stereocenters. The van der Waals surface area contributed by atoms with Crippen molar-refractivity contribution in [2.24, 2.45) is 5.92 Å². The van der Waals surface area contributed by atoms with E-state index < -0.39 is 0 Å². The predicted molar refractivity (Wildman–Crippen MR) is 72.1 cm³/mol. The highest BCUT2D eigenvalue weighted by atomic mass is 16.3. The molecule has 2 aromatic rings. The SMILES string of the molecule is Cc1ccn2c(=O)cc(CN3CC(CO)C3)nc2c1. The van der Waals surface area contributed by atoms with E-state index in [1.165, 1.54) is 0 Å². The van der Waals surface area contributed by atoms with Gasteiger partial charge in [0.15, 0.2) is 0 Å². The number of aromatic nitrogens is 2. The monoisotopic (exact) mass is 259 g/mol. The minimum absolute atomic E-state index is 0.0424. The minimum Gasteiger partial charge on any atom is -0.396 e. The Bertz CT molecular complexity index is 659. The molecule has 0 saturated carbocycles. The van der Waals surface area contributed by atoms with Crippen molar-refractivity contribution >= 4 is 5.65 Å². The number of nitrogens with zero attached hydrogens (tertiary/aromatic N) is 3. The zero-order chi connectivity index (χ0) is 13.4. The third-order valence-corrected chi connectivity index (χ3v) is 3.55. The average Bonchev–Trinajstić information content (AvgIpc) is 2.32. The van der Waals surface area contributed by atoms with E-state index in [-0.39, 0.29) is 12.2 Å². The molecule has 5 heteroatoms. The van der Waals surface area contributed by atoms with Crippen molar-refractivity contribution in [3.8, 4) is 0 Å². The summed E-state index contributed by atoms with van der Waals surface area (Å²) in [6.45, 7) is 4.66. The number of pyridine rings is 1. The molecule has 0 spiro atoms. The standard InChI is InChI=1S/C14H17N3O2/c1-10-2-3-17-13(4-10)15-12(5-14(17)19)8-16-6-11(7-16)9-18/h2-5,11,18H,6-9H2,1H3. The quantitative estimate of drug-likeness (QED) is 0.868. The summed E-state index contributed by atoms with van der Waals surface area (Å²) in [5, 5.41) is 8.99. The number of hydrogen-bond acceptors (Lipinski definition) is 4. The molecule has 100 valence electrons. The molecule has 0 aliphatic carbocycles. The van der Waals surface area contributed by atoms with E-state index in [1.54, 1.807) is 16.7 Å². The number of likely N-dealkylation sites (tertiary alicyclic amines) is 1. The fourth-order valence-electron chi connectivity index (χ4n) is 2.49. The molecule has 1 aliphatic heterocycles. The number of aliphatic hydroxyl groups is 1. The maximum Gasteiger partial charge on any atom is 0.258 e. The van der Waals surface area contributed by atoms with Crippen LogP contribution in [0.4, 0.5) is 0 Å². The zero-order valence-electron chi connectivity index (χ0n) is 10.9. The highest BCUT2D eigenvalue weighted by Crippen LogP contribution is 2.16. The molecule has 0 aromatic carbocycles. The van der Waals surface area contributed by atoms with Gasteiger partial charge in [0.25, 0.3) is 5.56 Å². The summed E-state index contributed by atoms with van der Waals surface area (Å²) in [5.41, 5.74) is 2.54. The van der Waals surface area contributed by atoms with Gasteiger partial charge in [-0.05, 0) is 24.6 Å². The van der Waals surface area contributed by atoms with E-state index in [9.17, 15) is 4.79 Å². The summed E-state index contributed by atoms with van der Waals surface area (Å²) in [4.78, 5) is 18.7. The highest BCUT2D eigenvalue weighted by Gasteiger charge is 2.26. The van der Waals surface area contributed by atoms with Crippen molar-refractivity contribution in [2.75, 3.05) is 19.7 Å². The second-order valence-corrected chi connectivity index (χ2v) is 5.26. The number of aliphatic hydroxyl groups excluding tert-OH is 1. The molecule has 5 nitrogen and oxygen atoms in total. The molecule has 2 aromatic heterocycles. The normalized spacial score (nSPS) is 16.7. The van der Waals surface area contributed by atoms with E-state index in [0.717, 1.165) is 24.3 Å². The van der Waals surface area contributed by atoms with Crippen molar-refractivity contribution in [3.63, 3.8) is 0 Å². The van der Waals surface area contributed by atoms with Gasteiger partial charge in [0, 0.05) is 44.4 Å². The number of aryl methyl sites for hydroxylation is 1. The second kappa shape index (κ2) is 4.75. The van der Waals surface area contributed by atoms with Crippen LogP contribution in [0.3, 0.4) is 0 Å². The van der Waals surface area contributed by atoms with Gasteiger partial charge in [-0.2, -0.15) is 0 Å². The van der Waals surface area contributed by atoms with Crippen molar-refractivity contribution < 1.29 is 5.11 Å². The fraction of sp³-hybridized carbons (Fsp3) is 0.429. The first-order valence-corrected chi connectivity index (χ1v) is 6.48. The van der Waals surface area contributed by atoms with Crippen LogP contribution in [0.2, 0.25) is 0 Å². The molecule has 1 N–H and O–H groups in total. The lowest BCUT2D eigenvalue weighted by atomic mass is 10.0. The van der Waals surface area contributed by atoms with Crippen molar-refractivity contribution in [3.05, 3.63) is 46.0 Å². The van der Waals surface area contributed by atoms with Gasteiger partial charge >= 0.3 is 0 Å². The zero-order valence-corrected chi connectivity index (χ0v) is 10.9. The number of fused-ring (bicyclic) bond motifs is 1. The maximum absolute atomic E-state index is 12.0.